The zero-order valence-electron chi connectivity index (χ0n) is 8.52. The highest BCUT2D eigenvalue weighted by Gasteiger charge is 2.25. The van der Waals surface area contributed by atoms with E-state index < -0.39 is 17.9 Å². The summed E-state index contributed by atoms with van der Waals surface area (Å²) >= 11 is 0. The molecule has 16 heavy (non-hydrogen) atoms. The Kier molecular flexibility index (Phi) is 4.12. The van der Waals surface area contributed by atoms with Crippen molar-refractivity contribution in [2.24, 2.45) is 5.11 Å². The number of benzene rings is 1. The van der Waals surface area contributed by atoms with Crippen molar-refractivity contribution >= 4 is 5.97 Å². The molecule has 1 rings (SSSR count). The molecule has 5 nitrogen and oxygen atoms in total. The lowest BCUT2D eigenvalue weighted by molar-refractivity contribution is -0.138. The summed E-state index contributed by atoms with van der Waals surface area (Å²) in [6.07, 6.45) is 1.48. The number of nitrogens with zero attached hydrogens (tertiary/aromatic N) is 3. The molecule has 0 fully saturated rings. The second kappa shape index (κ2) is 5.58. The van der Waals surface area contributed by atoms with Crippen molar-refractivity contribution in [2.75, 3.05) is 0 Å². The van der Waals surface area contributed by atoms with Crippen LogP contribution in [0, 0.1) is 0 Å². The highest BCUT2D eigenvalue weighted by atomic mass is 16.4. The molecule has 0 aromatic heterocycles. The van der Waals surface area contributed by atoms with Crippen LogP contribution in [0.5, 0.6) is 0 Å². The predicted octanol–water partition coefficient (Wildman–Crippen LogP) is 2.72. The first-order valence-corrected chi connectivity index (χ1v) is 4.65. The molecule has 0 spiro atoms. The molecule has 0 saturated carbocycles. The molecule has 0 aliphatic rings. The molecular weight excluding hydrogens is 206 g/mol. The number of carboxylic acid groups (broad SMARTS) is 1. The Balaban J connectivity index is 3.09. The van der Waals surface area contributed by atoms with Gasteiger partial charge in [-0.2, -0.15) is 0 Å². The van der Waals surface area contributed by atoms with Gasteiger partial charge in [-0.25, -0.2) is 0 Å². The number of azide groups is 1. The van der Waals surface area contributed by atoms with Gasteiger partial charge in [0.1, 0.15) is 6.04 Å². The van der Waals surface area contributed by atoms with Crippen LogP contribution in [0.2, 0.25) is 0 Å². The smallest absolute Gasteiger partial charge is 0.313 e. The molecular formula is C11H11N3O2. The lowest BCUT2D eigenvalue weighted by Crippen LogP contribution is -2.24. The summed E-state index contributed by atoms with van der Waals surface area (Å²) in [6, 6.07) is 7.80. The summed E-state index contributed by atoms with van der Waals surface area (Å²) in [7, 11) is 0. The van der Waals surface area contributed by atoms with Crippen molar-refractivity contribution in [1.29, 1.82) is 0 Å². The van der Waals surface area contributed by atoms with Crippen LogP contribution >= 0.6 is 0 Å². The maximum absolute atomic E-state index is 11.0. The van der Waals surface area contributed by atoms with E-state index in [0.717, 1.165) is 5.56 Å². The van der Waals surface area contributed by atoms with E-state index in [-0.39, 0.29) is 0 Å². The van der Waals surface area contributed by atoms with Crippen LogP contribution in [0.25, 0.3) is 10.4 Å². The van der Waals surface area contributed by atoms with Crippen LogP contribution in [0.3, 0.4) is 0 Å². The molecule has 0 saturated heterocycles. The first-order chi connectivity index (χ1) is 7.70. The monoisotopic (exact) mass is 217 g/mol. The first kappa shape index (κ1) is 11.8. The van der Waals surface area contributed by atoms with E-state index in [4.69, 9.17) is 10.6 Å². The maximum Gasteiger partial charge on any atom is 0.313 e. The normalized spacial score (nSPS) is 13.2. The zero-order chi connectivity index (χ0) is 12.0. The Morgan fingerprint density at radius 1 is 1.50 bits per heavy atom. The van der Waals surface area contributed by atoms with E-state index in [1.807, 2.05) is 6.07 Å². The molecule has 0 heterocycles. The van der Waals surface area contributed by atoms with Gasteiger partial charge in [0, 0.05) is 10.8 Å². The van der Waals surface area contributed by atoms with E-state index in [9.17, 15) is 4.79 Å². The summed E-state index contributed by atoms with van der Waals surface area (Å²) in [5, 5.41) is 12.2. The Labute approximate surface area is 92.7 Å². The fourth-order valence-corrected chi connectivity index (χ4v) is 1.45. The Bertz CT molecular complexity index is 422. The summed E-state index contributed by atoms with van der Waals surface area (Å²) in [5.74, 6) is -1.68. The topological polar surface area (TPSA) is 86.1 Å². The maximum atomic E-state index is 11.0. The van der Waals surface area contributed by atoms with E-state index in [1.165, 1.54) is 6.08 Å². The van der Waals surface area contributed by atoms with E-state index in [2.05, 4.69) is 16.6 Å². The minimum absolute atomic E-state index is 0.519. The Morgan fingerprint density at radius 2 is 2.12 bits per heavy atom. The number of aliphatic carboxylic acids is 1. The fourth-order valence-electron chi connectivity index (χ4n) is 1.45. The average Bonchev–Trinajstić information content (AvgIpc) is 2.30. The van der Waals surface area contributed by atoms with Crippen LogP contribution in [0.4, 0.5) is 0 Å². The number of carboxylic acids is 1. The molecule has 0 aliphatic carbocycles. The minimum atomic E-state index is -1.16. The van der Waals surface area contributed by atoms with Gasteiger partial charge in [0.15, 0.2) is 0 Å². The number of rotatable bonds is 5. The van der Waals surface area contributed by atoms with Crippen LogP contribution < -0.4 is 0 Å². The van der Waals surface area contributed by atoms with Crippen molar-refractivity contribution in [1.82, 2.24) is 0 Å². The van der Waals surface area contributed by atoms with Crippen molar-refractivity contribution in [3.8, 4) is 0 Å². The first-order valence-electron chi connectivity index (χ1n) is 4.65. The average molecular weight is 217 g/mol. The molecule has 1 N–H and O–H groups in total. The van der Waals surface area contributed by atoms with Gasteiger partial charge in [0.25, 0.3) is 0 Å². The van der Waals surface area contributed by atoms with Crippen LogP contribution in [-0.2, 0) is 4.79 Å². The van der Waals surface area contributed by atoms with Crippen LogP contribution in [0.15, 0.2) is 48.1 Å². The molecule has 2 atom stereocenters. The molecule has 0 bridgehead atoms. The summed E-state index contributed by atoms with van der Waals surface area (Å²) < 4.78 is 0. The molecule has 1 aromatic rings. The highest BCUT2D eigenvalue weighted by molar-refractivity contribution is 5.75. The third-order valence-corrected chi connectivity index (χ3v) is 2.21. The van der Waals surface area contributed by atoms with Gasteiger partial charge in [-0.1, -0.05) is 41.5 Å². The lowest BCUT2D eigenvalue weighted by atomic mass is 9.92. The third kappa shape index (κ3) is 2.62. The second-order valence-electron chi connectivity index (χ2n) is 3.16. The lowest BCUT2D eigenvalue weighted by Gasteiger charge is -2.16. The molecule has 1 unspecified atom stereocenters. The third-order valence-electron chi connectivity index (χ3n) is 2.21. The van der Waals surface area contributed by atoms with Gasteiger partial charge in [-0.3, -0.25) is 4.79 Å². The van der Waals surface area contributed by atoms with Gasteiger partial charge in [-0.15, -0.1) is 6.58 Å². The van der Waals surface area contributed by atoms with Crippen LogP contribution in [-0.4, -0.2) is 17.1 Å². The summed E-state index contributed by atoms with van der Waals surface area (Å²) in [5.41, 5.74) is 9.10. The SMILES string of the molecule is C=CC(c1ccccc1)[C@H](N=[N+]=[N-])C(=O)O. The fraction of sp³-hybridized carbons (Fsp3) is 0.182. The van der Waals surface area contributed by atoms with Gasteiger partial charge < -0.3 is 5.11 Å². The summed E-state index contributed by atoms with van der Waals surface area (Å²) in [4.78, 5) is 13.5. The minimum Gasteiger partial charge on any atom is -0.481 e. The van der Waals surface area contributed by atoms with Crippen molar-refractivity contribution in [3.05, 3.63) is 59.0 Å². The number of hydrogen-bond acceptors (Lipinski definition) is 2. The highest BCUT2D eigenvalue weighted by Crippen LogP contribution is 2.23. The quantitative estimate of drug-likeness (QED) is 0.356. The van der Waals surface area contributed by atoms with Gasteiger partial charge >= 0.3 is 5.97 Å². The van der Waals surface area contributed by atoms with Gasteiger partial charge in [0.05, 0.1) is 0 Å². The molecule has 1 aromatic carbocycles. The number of carbonyl (C=O) groups is 1. The zero-order valence-corrected chi connectivity index (χ0v) is 8.52. The standard InChI is InChI=1S/C11H11N3O2/c1-2-9(8-6-4-3-5-7-8)10(11(15)16)13-14-12/h2-7,9-10H,1H2,(H,15,16)/t9?,10-/m0/s1. The van der Waals surface area contributed by atoms with Gasteiger partial charge in [-0.05, 0) is 11.1 Å². The van der Waals surface area contributed by atoms with Crippen molar-refractivity contribution in [3.63, 3.8) is 0 Å². The van der Waals surface area contributed by atoms with Crippen molar-refractivity contribution < 1.29 is 9.90 Å². The molecule has 5 heteroatoms. The molecule has 82 valence electrons. The second-order valence-corrected chi connectivity index (χ2v) is 3.16. The Hall–Kier alpha value is -2.26. The van der Waals surface area contributed by atoms with Crippen LogP contribution in [0.1, 0.15) is 11.5 Å². The Morgan fingerprint density at radius 3 is 2.56 bits per heavy atom. The van der Waals surface area contributed by atoms with Crippen molar-refractivity contribution in [2.45, 2.75) is 12.0 Å². The number of hydrogen-bond donors (Lipinski definition) is 1. The van der Waals surface area contributed by atoms with E-state index in [1.54, 1.807) is 24.3 Å². The molecule has 0 amide bonds. The molecule has 0 radical (unpaired) electrons. The van der Waals surface area contributed by atoms with E-state index >= 15 is 0 Å². The molecule has 0 aliphatic heterocycles. The van der Waals surface area contributed by atoms with Gasteiger partial charge in [0.2, 0.25) is 0 Å². The summed E-state index contributed by atoms with van der Waals surface area (Å²) in [6.45, 7) is 3.58. The predicted molar refractivity (Wildman–Crippen MR) is 59.9 cm³/mol. The largest absolute Gasteiger partial charge is 0.481 e. The van der Waals surface area contributed by atoms with E-state index in [0.29, 0.717) is 0 Å².